The van der Waals surface area contributed by atoms with E-state index in [-0.39, 0.29) is 18.0 Å². The zero-order valence-electron chi connectivity index (χ0n) is 17.4. The minimum absolute atomic E-state index is 0.0577. The molecule has 3 heterocycles. The van der Waals surface area contributed by atoms with Crippen LogP contribution in [0.1, 0.15) is 30.1 Å². The van der Waals surface area contributed by atoms with E-state index in [0.717, 1.165) is 30.0 Å². The van der Waals surface area contributed by atoms with Gasteiger partial charge in [-0.15, -0.1) is 0 Å². The summed E-state index contributed by atoms with van der Waals surface area (Å²) in [4.78, 5) is 33.3. The number of hydrogen-bond acceptors (Lipinski definition) is 7. The summed E-state index contributed by atoms with van der Waals surface area (Å²) in [6.45, 7) is 3.30. The van der Waals surface area contributed by atoms with E-state index >= 15 is 0 Å². The van der Waals surface area contributed by atoms with Crippen LogP contribution in [0.25, 0.3) is 0 Å². The number of aromatic nitrogens is 1. The van der Waals surface area contributed by atoms with Crippen LogP contribution in [0.2, 0.25) is 0 Å². The fraction of sp³-hybridized carbons (Fsp3) is 0.409. The molecule has 0 saturated carbocycles. The lowest BCUT2D eigenvalue weighted by molar-refractivity contribution is -0.119. The van der Waals surface area contributed by atoms with Gasteiger partial charge in [0.15, 0.2) is 5.82 Å². The summed E-state index contributed by atoms with van der Waals surface area (Å²) in [5.74, 6) is 1.09. The smallest absolute Gasteiger partial charge is 0.337 e. The highest BCUT2D eigenvalue weighted by molar-refractivity contribution is 6.04. The van der Waals surface area contributed by atoms with E-state index in [1.807, 2.05) is 25.1 Å². The number of likely N-dealkylation sites (N-methyl/N-ethyl adjacent to an activating group) is 1. The van der Waals surface area contributed by atoms with E-state index in [1.54, 1.807) is 30.1 Å². The molecular formula is C22H26N4O4. The summed E-state index contributed by atoms with van der Waals surface area (Å²) in [7, 11) is 3.14. The van der Waals surface area contributed by atoms with Crippen LogP contribution in [0.5, 0.6) is 0 Å². The van der Waals surface area contributed by atoms with Crippen LogP contribution >= 0.6 is 0 Å². The number of amides is 1. The van der Waals surface area contributed by atoms with Gasteiger partial charge in [0.2, 0.25) is 5.91 Å². The van der Waals surface area contributed by atoms with Crippen LogP contribution in [0.3, 0.4) is 0 Å². The Kier molecular flexibility index (Phi) is 5.59. The number of benzene rings is 1. The molecule has 4 rings (SSSR count). The monoisotopic (exact) mass is 410 g/mol. The van der Waals surface area contributed by atoms with Gasteiger partial charge in [-0.25, -0.2) is 9.78 Å². The molecule has 0 bridgehead atoms. The Balaban J connectivity index is 1.67. The van der Waals surface area contributed by atoms with Crippen molar-refractivity contribution in [3.8, 4) is 0 Å². The summed E-state index contributed by atoms with van der Waals surface area (Å²) in [6, 6.07) is 10.7. The molecule has 8 heteroatoms. The van der Waals surface area contributed by atoms with Crippen molar-refractivity contribution in [1.29, 1.82) is 0 Å². The summed E-state index contributed by atoms with van der Waals surface area (Å²) < 4.78 is 10.3. The standard InChI is InChI=1S/C22H26N4O4/c1-14-21(27)25(2)18-7-8-19(23-16-6-4-5-15(13-16)22(28)29-3)24-20(18)26(14)17-9-11-30-12-10-17/h4-8,13-14,17H,9-12H2,1-3H3,(H,23,24)/t14-/m1/s1. The van der Waals surface area contributed by atoms with Crippen molar-refractivity contribution in [3.05, 3.63) is 42.0 Å². The Bertz CT molecular complexity index is 958. The number of ether oxygens (including phenoxy) is 2. The summed E-state index contributed by atoms with van der Waals surface area (Å²) in [5.41, 5.74) is 1.98. The van der Waals surface area contributed by atoms with Gasteiger partial charge in [0.1, 0.15) is 11.9 Å². The molecule has 30 heavy (non-hydrogen) atoms. The first-order valence-electron chi connectivity index (χ1n) is 10.1. The van der Waals surface area contributed by atoms with Crippen molar-refractivity contribution in [2.45, 2.75) is 31.8 Å². The summed E-state index contributed by atoms with van der Waals surface area (Å²) >= 11 is 0. The molecule has 2 aliphatic rings. The third-order valence-corrected chi connectivity index (χ3v) is 5.71. The number of anilines is 4. The Morgan fingerprint density at radius 3 is 2.73 bits per heavy atom. The summed E-state index contributed by atoms with van der Waals surface area (Å²) in [6.07, 6.45) is 1.72. The molecule has 0 spiro atoms. The van der Waals surface area contributed by atoms with Crippen molar-refractivity contribution >= 4 is 34.9 Å². The van der Waals surface area contributed by atoms with Crippen LogP contribution in [0.15, 0.2) is 36.4 Å². The lowest BCUT2D eigenvalue weighted by Gasteiger charge is -2.44. The van der Waals surface area contributed by atoms with Gasteiger partial charge in [0.05, 0.1) is 18.4 Å². The average Bonchev–Trinajstić information content (AvgIpc) is 2.78. The second kappa shape index (κ2) is 8.31. The van der Waals surface area contributed by atoms with Crippen LogP contribution in [-0.2, 0) is 14.3 Å². The number of fused-ring (bicyclic) bond motifs is 1. The molecule has 1 aromatic carbocycles. The molecule has 1 fully saturated rings. The largest absolute Gasteiger partial charge is 0.465 e. The van der Waals surface area contributed by atoms with Crippen molar-refractivity contribution in [1.82, 2.24) is 4.98 Å². The van der Waals surface area contributed by atoms with Gasteiger partial charge in [-0.3, -0.25) is 4.79 Å². The normalized spacial score (nSPS) is 19.4. The lowest BCUT2D eigenvalue weighted by atomic mass is 10.0. The van der Waals surface area contributed by atoms with Crippen molar-refractivity contribution in [3.63, 3.8) is 0 Å². The first kappa shape index (κ1) is 20.2. The van der Waals surface area contributed by atoms with Crippen LogP contribution in [0, 0.1) is 0 Å². The number of rotatable bonds is 4. The highest BCUT2D eigenvalue weighted by Crippen LogP contribution is 2.38. The van der Waals surface area contributed by atoms with Gasteiger partial charge >= 0.3 is 5.97 Å². The predicted octanol–water partition coefficient (Wildman–Crippen LogP) is 2.96. The zero-order valence-corrected chi connectivity index (χ0v) is 17.4. The number of nitrogens with zero attached hydrogens (tertiary/aromatic N) is 3. The number of carbonyl (C=O) groups is 2. The molecule has 1 aromatic heterocycles. The Morgan fingerprint density at radius 2 is 2.00 bits per heavy atom. The van der Waals surface area contributed by atoms with E-state index in [1.165, 1.54) is 7.11 Å². The predicted molar refractivity (Wildman–Crippen MR) is 114 cm³/mol. The Labute approximate surface area is 175 Å². The van der Waals surface area contributed by atoms with E-state index in [2.05, 4.69) is 10.2 Å². The topological polar surface area (TPSA) is 84.0 Å². The Morgan fingerprint density at radius 1 is 1.23 bits per heavy atom. The van der Waals surface area contributed by atoms with Gasteiger partial charge in [-0.05, 0) is 50.1 Å². The number of methoxy groups -OCH3 is 1. The van der Waals surface area contributed by atoms with Crippen molar-refractivity contribution in [2.75, 3.05) is 42.5 Å². The molecule has 2 aliphatic heterocycles. The van der Waals surface area contributed by atoms with Gasteiger partial charge < -0.3 is 24.6 Å². The number of pyridine rings is 1. The molecule has 1 amide bonds. The number of esters is 1. The highest BCUT2D eigenvalue weighted by Gasteiger charge is 2.39. The van der Waals surface area contributed by atoms with Gasteiger partial charge in [0, 0.05) is 32.0 Å². The SMILES string of the molecule is COC(=O)c1cccc(Nc2ccc3c(n2)N(C2CCOCC2)[C@H](C)C(=O)N3C)c1. The van der Waals surface area contributed by atoms with E-state index in [0.29, 0.717) is 24.6 Å². The van der Waals surface area contributed by atoms with E-state index in [9.17, 15) is 9.59 Å². The second-order valence-electron chi connectivity index (χ2n) is 7.56. The van der Waals surface area contributed by atoms with Gasteiger partial charge in [0.25, 0.3) is 0 Å². The zero-order chi connectivity index (χ0) is 21.3. The summed E-state index contributed by atoms with van der Waals surface area (Å²) in [5, 5.41) is 3.26. The van der Waals surface area contributed by atoms with Gasteiger partial charge in [-0.2, -0.15) is 0 Å². The molecule has 158 valence electrons. The molecule has 1 N–H and O–H groups in total. The lowest BCUT2D eigenvalue weighted by Crippen LogP contribution is -2.56. The first-order valence-corrected chi connectivity index (χ1v) is 10.1. The molecular weight excluding hydrogens is 384 g/mol. The molecule has 1 atom stereocenters. The second-order valence-corrected chi connectivity index (χ2v) is 7.56. The minimum Gasteiger partial charge on any atom is -0.465 e. The third kappa shape index (κ3) is 3.70. The molecule has 0 unspecified atom stereocenters. The molecule has 0 aliphatic carbocycles. The maximum Gasteiger partial charge on any atom is 0.337 e. The maximum absolute atomic E-state index is 12.8. The highest BCUT2D eigenvalue weighted by atomic mass is 16.5. The van der Waals surface area contributed by atoms with Crippen molar-refractivity contribution in [2.24, 2.45) is 0 Å². The van der Waals surface area contributed by atoms with Crippen LogP contribution < -0.4 is 15.1 Å². The van der Waals surface area contributed by atoms with Gasteiger partial charge in [-0.1, -0.05) is 6.07 Å². The molecule has 0 radical (unpaired) electrons. The molecule has 8 nitrogen and oxygen atoms in total. The maximum atomic E-state index is 12.8. The number of hydrogen-bond donors (Lipinski definition) is 1. The number of nitrogens with one attached hydrogen (secondary N) is 1. The minimum atomic E-state index is -0.392. The fourth-order valence-electron chi connectivity index (χ4n) is 4.11. The first-order chi connectivity index (χ1) is 14.5. The molecule has 2 aromatic rings. The average molecular weight is 410 g/mol. The van der Waals surface area contributed by atoms with Crippen LogP contribution in [-0.4, -0.2) is 56.3 Å². The van der Waals surface area contributed by atoms with E-state index < -0.39 is 5.97 Å². The third-order valence-electron chi connectivity index (χ3n) is 5.71. The van der Waals surface area contributed by atoms with E-state index in [4.69, 9.17) is 14.5 Å². The quantitative estimate of drug-likeness (QED) is 0.776. The number of carbonyl (C=O) groups excluding carboxylic acids is 2. The molecule has 1 saturated heterocycles. The fourth-order valence-corrected chi connectivity index (χ4v) is 4.11. The van der Waals surface area contributed by atoms with Crippen molar-refractivity contribution < 1.29 is 19.1 Å². The van der Waals surface area contributed by atoms with Crippen LogP contribution in [0.4, 0.5) is 23.0 Å². The Hall–Kier alpha value is -3.13.